The first-order chi connectivity index (χ1) is 9.53. The Morgan fingerprint density at radius 3 is 2.40 bits per heavy atom. The summed E-state index contributed by atoms with van der Waals surface area (Å²) in [6.07, 6.45) is 4.47. The highest BCUT2D eigenvalue weighted by atomic mass is 16.2. The summed E-state index contributed by atoms with van der Waals surface area (Å²) >= 11 is 0. The molecule has 0 saturated carbocycles. The smallest absolute Gasteiger partial charge is 0.244 e. The van der Waals surface area contributed by atoms with E-state index in [2.05, 4.69) is 22.3 Å². The van der Waals surface area contributed by atoms with Gasteiger partial charge in [0, 0.05) is 24.5 Å². The van der Waals surface area contributed by atoms with Crippen LogP contribution in [0.1, 0.15) is 39.5 Å². The molecule has 1 unspecified atom stereocenters. The van der Waals surface area contributed by atoms with Crippen LogP contribution in [0, 0.1) is 0 Å². The average Bonchev–Trinajstić information content (AvgIpc) is 2.49. The van der Waals surface area contributed by atoms with E-state index in [4.69, 9.17) is 5.73 Å². The Kier molecular flexibility index (Phi) is 4.65. The van der Waals surface area contributed by atoms with E-state index in [9.17, 15) is 4.79 Å². The zero-order chi connectivity index (χ0) is 14.6. The molecule has 0 aliphatic carbocycles. The van der Waals surface area contributed by atoms with Crippen molar-refractivity contribution >= 4 is 17.3 Å². The number of nitrogens with one attached hydrogen (secondary N) is 1. The number of nitrogens with zero attached hydrogens (tertiary/aromatic N) is 1. The van der Waals surface area contributed by atoms with Gasteiger partial charge in [-0.3, -0.25) is 4.79 Å². The molecule has 1 aliphatic rings. The first kappa shape index (κ1) is 14.9. The lowest BCUT2D eigenvalue weighted by atomic mass is 9.99. The van der Waals surface area contributed by atoms with Gasteiger partial charge in [-0.1, -0.05) is 6.92 Å². The molecule has 0 spiro atoms. The Balaban J connectivity index is 1.99. The minimum absolute atomic E-state index is 0.134. The number of amides is 1. The van der Waals surface area contributed by atoms with Gasteiger partial charge < -0.3 is 16.0 Å². The molecule has 0 bridgehead atoms. The summed E-state index contributed by atoms with van der Waals surface area (Å²) in [4.78, 5) is 14.4. The van der Waals surface area contributed by atoms with Gasteiger partial charge in [0.25, 0.3) is 0 Å². The topological polar surface area (TPSA) is 58.4 Å². The van der Waals surface area contributed by atoms with Crippen LogP contribution in [-0.2, 0) is 4.79 Å². The molecular formula is C16H25N3O. The lowest BCUT2D eigenvalue weighted by Gasteiger charge is -2.29. The number of rotatable bonds is 4. The van der Waals surface area contributed by atoms with Gasteiger partial charge >= 0.3 is 0 Å². The summed E-state index contributed by atoms with van der Waals surface area (Å²) in [5, 5.41) is 2.88. The number of benzene rings is 1. The molecule has 4 heteroatoms. The second-order valence-corrected chi connectivity index (χ2v) is 5.82. The summed E-state index contributed by atoms with van der Waals surface area (Å²) in [6, 6.07) is 8.04. The summed E-state index contributed by atoms with van der Waals surface area (Å²) in [6.45, 7) is 5.92. The highest BCUT2D eigenvalue weighted by molar-refractivity contribution is 5.97. The predicted molar refractivity (Wildman–Crippen MR) is 84.0 cm³/mol. The number of hydrogen-bond acceptors (Lipinski definition) is 3. The molecule has 20 heavy (non-hydrogen) atoms. The van der Waals surface area contributed by atoms with E-state index in [1.165, 1.54) is 24.9 Å². The summed E-state index contributed by atoms with van der Waals surface area (Å²) < 4.78 is 0. The quantitative estimate of drug-likeness (QED) is 0.888. The maximum atomic E-state index is 12.0. The Labute approximate surface area is 121 Å². The van der Waals surface area contributed by atoms with Crippen LogP contribution in [0.5, 0.6) is 0 Å². The van der Waals surface area contributed by atoms with Crippen molar-refractivity contribution in [2.24, 2.45) is 5.73 Å². The van der Waals surface area contributed by atoms with Gasteiger partial charge in [0.2, 0.25) is 5.91 Å². The van der Waals surface area contributed by atoms with Crippen molar-refractivity contribution in [1.82, 2.24) is 0 Å². The molecule has 2 rings (SSSR count). The largest absolute Gasteiger partial charge is 0.372 e. The predicted octanol–water partition coefficient (Wildman–Crippen LogP) is 2.74. The van der Waals surface area contributed by atoms with Crippen molar-refractivity contribution < 1.29 is 4.79 Å². The minimum Gasteiger partial charge on any atom is -0.372 e. The van der Waals surface area contributed by atoms with E-state index in [0.717, 1.165) is 18.8 Å². The lowest BCUT2D eigenvalue weighted by Crippen LogP contribution is -2.47. The number of piperidine rings is 1. The van der Waals surface area contributed by atoms with Crippen molar-refractivity contribution in [1.29, 1.82) is 0 Å². The van der Waals surface area contributed by atoms with Gasteiger partial charge in [-0.2, -0.15) is 0 Å². The Morgan fingerprint density at radius 1 is 1.25 bits per heavy atom. The van der Waals surface area contributed by atoms with Crippen LogP contribution in [0.15, 0.2) is 24.3 Å². The van der Waals surface area contributed by atoms with Crippen molar-refractivity contribution in [3.8, 4) is 0 Å². The van der Waals surface area contributed by atoms with Crippen LogP contribution in [-0.4, -0.2) is 24.5 Å². The molecule has 3 N–H and O–H groups in total. The highest BCUT2D eigenvalue weighted by Crippen LogP contribution is 2.22. The minimum atomic E-state index is -0.814. The second kappa shape index (κ2) is 6.27. The van der Waals surface area contributed by atoms with E-state index in [1.807, 2.05) is 19.1 Å². The zero-order valence-electron chi connectivity index (χ0n) is 12.5. The van der Waals surface area contributed by atoms with E-state index >= 15 is 0 Å². The number of nitrogens with two attached hydrogens (primary N) is 1. The number of carbonyl (C=O) groups is 1. The molecule has 110 valence electrons. The second-order valence-electron chi connectivity index (χ2n) is 5.82. The summed E-state index contributed by atoms with van der Waals surface area (Å²) in [5.74, 6) is -0.134. The first-order valence-corrected chi connectivity index (χ1v) is 7.48. The fourth-order valence-electron chi connectivity index (χ4n) is 2.34. The molecule has 1 atom stereocenters. The Bertz CT molecular complexity index is 447. The van der Waals surface area contributed by atoms with Crippen molar-refractivity contribution in [2.75, 3.05) is 23.3 Å². The molecule has 0 radical (unpaired) electrons. The van der Waals surface area contributed by atoms with Gasteiger partial charge in [-0.05, 0) is 56.9 Å². The van der Waals surface area contributed by atoms with Gasteiger partial charge in [0.1, 0.15) is 0 Å². The van der Waals surface area contributed by atoms with Crippen LogP contribution < -0.4 is 16.0 Å². The normalized spacial score (nSPS) is 18.4. The van der Waals surface area contributed by atoms with Gasteiger partial charge in [-0.15, -0.1) is 0 Å². The fraction of sp³-hybridized carbons (Fsp3) is 0.562. The van der Waals surface area contributed by atoms with E-state index < -0.39 is 5.54 Å². The number of hydrogen-bond donors (Lipinski definition) is 2. The third-order valence-corrected chi connectivity index (χ3v) is 4.10. The third kappa shape index (κ3) is 3.51. The molecule has 1 amide bonds. The van der Waals surface area contributed by atoms with Crippen molar-refractivity contribution in [3.63, 3.8) is 0 Å². The van der Waals surface area contributed by atoms with Gasteiger partial charge in [-0.25, -0.2) is 0 Å². The van der Waals surface area contributed by atoms with Gasteiger partial charge in [0.15, 0.2) is 0 Å². The summed E-state index contributed by atoms with van der Waals surface area (Å²) in [5.41, 5.74) is 7.16. The van der Waals surface area contributed by atoms with E-state index in [0.29, 0.717) is 6.42 Å². The lowest BCUT2D eigenvalue weighted by molar-refractivity contribution is -0.120. The van der Waals surface area contributed by atoms with Crippen LogP contribution in [0.4, 0.5) is 11.4 Å². The van der Waals surface area contributed by atoms with E-state index in [1.54, 1.807) is 6.92 Å². The molecule has 1 saturated heterocycles. The fourth-order valence-corrected chi connectivity index (χ4v) is 2.34. The Hall–Kier alpha value is -1.55. The average molecular weight is 275 g/mol. The monoisotopic (exact) mass is 275 g/mol. The molecule has 0 aromatic heterocycles. The SMILES string of the molecule is CCC(C)(N)C(=O)Nc1ccc(N2CCCCC2)cc1. The number of anilines is 2. The van der Waals surface area contributed by atoms with Crippen LogP contribution >= 0.6 is 0 Å². The maximum Gasteiger partial charge on any atom is 0.244 e. The van der Waals surface area contributed by atoms with Crippen LogP contribution in [0.2, 0.25) is 0 Å². The summed E-state index contributed by atoms with van der Waals surface area (Å²) in [7, 11) is 0. The molecule has 1 aromatic rings. The zero-order valence-corrected chi connectivity index (χ0v) is 12.5. The standard InChI is InChI=1S/C16H25N3O/c1-3-16(2,17)15(20)18-13-7-9-14(10-8-13)19-11-5-4-6-12-19/h7-10H,3-6,11-12,17H2,1-2H3,(H,18,20). The van der Waals surface area contributed by atoms with Crippen LogP contribution in [0.3, 0.4) is 0 Å². The molecule has 1 heterocycles. The molecule has 1 aliphatic heterocycles. The first-order valence-electron chi connectivity index (χ1n) is 7.48. The third-order valence-electron chi connectivity index (χ3n) is 4.10. The van der Waals surface area contributed by atoms with Crippen LogP contribution in [0.25, 0.3) is 0 Å². The molecule has 1 fully saturated rings. The molecule has 4 nitrogen and oxygen atoms in total. The highest BCUT2D eigenvalue weighted by Gasteiger charge is 2.25. The Morgan fingerprint density at radius 2 is 1.85 bits per heavy atom. The maximum absolute atomic E-state index is 12.0. The number of carbonyl (C=O) groups excluding carboxylic acids is 1. The van der Waals surface area contributed by atoms with Crippen molar-refractivity contribution in [3.05, 3.63) is 24.3 Å². The molecular weight excluding hydrogens is 250 g/mol. The van der Waals surface area contributed by atoms with Crippen molar-refractivity contribution in [2.45, 2.75) is 45.1 Å². The van der Waals surface area contributed by atoms with E-state index in [-0.39, 0.29) is 5.91 Å². The molecule has 1 aromatic carbocycles. The van der Waals surface area contributed by atoms with Gasteiger partial charge in [0.05, 0.1) is 5.54 Å².